The van der Waals surface area contributed by atoms with Gasteiger partial charge in [-0.2, -0.15) is 0 Å². The molecular formula is C20H31N9O5. The lowest BCUT2D eigenvalue weighted by atomic mass is 10.1. The van der Waals surface area contributed by atoms with Crippen molar-refractivity contribution in [1.29, 1.82) is 0 Å². The van der Waals surface area contributed by atoms with E-state index in [0.29, 0.717) is 30.8 Å². The second-order valence-corrected chi connectivity index (χ2v) is 7.69. The monoisotopic (exact) mass is 477 g/mol. The number of aliphatic carboxylic acids is 1. The number of hydrogen-bond donors (Lipinski definition) is 8. The number of rotatable bonds is 15. The first kappa shape index (κ1) is 26.5. The summed E-state index contributed by atoms with van der Waals surface area (Å²) >= 11 is 0. The van der Waals surface area contributed by atoms with Gasteiger partial charge in [0.25, 0.3) is 0 Å². The summed E-state index contributed by atoms with van der Waals surface area (Å²) in [5.74, 6) is -3.05. The number of nitrogens with zero attached hydrogens (tertiary/aromatic N) is 2. The molecule has 0 aliphatic carbocycles. The van der Waals surface area contributed by atoms with Crippen LogP contribution in [-0.2, 0) is 32.0 Å². The normalized spacial score (nSPS) is 13.5. The van der Waals surface area contributed by atoms with Crippen molar-refractivity contribution in [2.24, 2.45) is 11.5 Å². The molecule has 2 aromatic rings. The van der Waals surface area contributed by atoms with Gasteiger partial charge in [-0.15, -0.1) is 0 Å². The van der Waals surface area contributed by atoms with Crippen LogP contribution in [-0.4, -0.2) is 79.9 Å². The largest absolute Gasteiger partial charge is 0.480 e. The predicted octanol–water partition coefficient (Wildman–Crippen LogP) is -2.46. The first-order chi connectivity index (χ1) is 16.3. The topological polar surface area (TPSA) is 234 Å². The Morgan fingerprint density at radius 3 is 2.15 bits per heavy atom. The van der Waals surface area contributed by atoms with Crippen molar-refractivity contribution < 1.29 is 24.3 Å². The maximum Gasteiger partial charge on any atom is 0.326 e. The highest BCUT2D eigenvalue weighted by Gasteiger charge is 2.26. The van der Waals surface area contributed by atoms with Crippen molar-refractivity contribution in [3.8, 4) is 0 Å². The number of carbonyl (C=O) groups is 4. The zero-order valence-corrected chi connectivity index (χ0v) is 18.6. The van der Waals surface area contributed by atoms with Crippen molar-refractivity contribution in [2.45, 2.75) is 50.2 Å². The number of amides is 3. The third kappa shape index (κ3) is 8.99. The van der Waals surface area contributed by atoms with Gasteiger partial charge in [-0.3, -0.25) is 14.4 Å². The molecule has 0 aliphatic rings. The molecule has 34 heavy (non-hydrogen) atoms. The molecule has 14 heteroatoms. The number of hydrogen-bond acceptors (Lipinski definition) is 8. The number of aromatic nitrogens is 4. The van der Waals surface area contributed by atoms with Gasteiger partial charge in [-0.1, -0.05) is 0 Å². The SMILES string of the molecule is NCCCCC(NC(=O)CNC(=O)C(Cc1cnc[nH]1)NC(=O)C(N)Cc1cnc[nH]1)C(=O)O. The lowest BCUT2D eigenvalue weighted by Gasteiger charge is -2.20. The van der Waals surface area contributed by atoms with Crippen molar-refractivity contribution in [2.75, 3.05) is 13.1 Å². The van der Waals surface area contributed by atoms with E-state index in [2.05, 4.69) is 35.9 Å². The molecule has 0 saturated heterocycles. The molecule has 2 rings (SSSR count). The van der Waals surface area contributed by atoms with E-state index in [1.54, 1.807) is 6.20 Å². The summed E-state index contributed by atoms with van der Waals surface area (Å²) in [5.41, 5.74) is 12.6. The number of nitrogens with two attached hydrogens (primary N) is 2. The van der Waals surface area contributed by atoms with Crippen LogP contribution in [0.1, 0.15) is 30.7 Å². The smallest absolute Gasteiger partial charge is 0.326 e. The molecule has 3 amide bonds. The molecule has 14 nitrogen and oxygen atoms in total. The van der Waals surface area contributed by atoms with E-state index in [4.69, 9.17) is 11.5 Å². The molecule has 10 N–H and O–H groups in total. The second-order valence-electron chi connectivity index (χ2n) is 7.69. The van der Waals surface area contributed by atoms with E-state index < -0.39 is 48.4 Å². The van der Waals surface area contributed by atoms with Crippen LogP contribution in [0.2, 0.25) is 0 Å². The minimum atomic E-state index is -1.17. The zero-order chi connectivity index (χ0) is 24.9. The van der Waals surface area contributed by atoms with Gasteiger partial charge in [0.2, 0.25) is 17.7 Å². The average Bonchev–Trinajstić information content (AvgIpc) is 3.50. The van der Waals surface area contributed by atoms with Gasteiger partial charge >= 0.3 is 5.97 Å². The lowest BCUT2D eigenvalue weighted by molar-refractivity contribution is -0.142. The van der Waals surface area contributed by atoms with Crippen LogP contribution in [0, 0.1) is 0 Å². The fourth-order valence-corrected chi connectivity index (χ4v) is 3.12. The fraction of sp³-hybridized carbons (Fsp3) is 0.500. The third-order valence-electron chi connectivity index (χ3n) is 4.95. The summed E-state index contributed by atoms with van der Waals surface area (Å²) in [6.45, 7) is -0.0413. The zero-order valence-electron chi connectivity index (χ0n) is 18.6. The summed E-state index contributed by atoms with van der Waals surface area (Å²) in [7, 11) is 0. The van der Waals surface area contributed by atoms with E-state index in [1.807, 2.05) is 0 Å². The fourth-order valence-electron chi connectivity index (χ4n) is 3.12. The lowest BCUT2D eigenvalue weighted by Crippen LogP contribution is -2.54. The molecule has 186 valence electrons. The molecule has 0 aromatic carbocycles. The third-order valence-corrected chi connectivity index (χ3v) is 4.95. The van der Waals surface area contributed by atoms with Gasteiger partial charge in [-0.25, -0.2) is 14.8 Å². The Balaban J connectivity index is 1.93. The molecule has 2 heterocycles. The van der Waals surface area contributed by atoms with Crippen LogP contribution in [0.5, 0.6) is 0 Å². The van der Waals surface area contributed by atoms with Crippen LogP contribution < -0.4 is 27.4 Å². The number of carboxylic acid groups (broad SMARTS) is 1. The van der Waals surface area contributed by atoms with Gasteiger partial charge in [0.1, 0.15) is 12.1 Å². The van der Waals surface area contributed by atoms with Crippen LogP contribution in [0.15, 0.2) is 25.0 Å². The maximum absolute atomic E-state index is 12.8. The molecular weight excluding hydrogens is 446 g/mol. The molecule has 0 fully saturated rings. The predicted molar refractivity (Wildman–Crippen MR) is 120 cm³/mol. The molecule has 3 atom stereocenters. The molecule has 3 unspecified atom stereocenters. The van der Waals surface area contributed by atoms with Gasteiger partial charge in [0, 0.05) is 36.6 Å². The minimum absolute atomic E-state index is 0.0762. The van der Waals surface area contributed by atoms with Gasteiger partial charge in [0.05, 0.1) is 25.2 Å². The van der Waals surface area contributed by atoms with E-state index in [9.17, 15) is 24.3 Å². The molecule has 0 radical (unpaired) electrons. The van der Waals surface area contributed by atoms with Crippen molar-refractivity contribution in [3.05, 3.63) is 36.4 Å². The van der Waals surface area contributed by atoms with E-state index >= 15 is 0 Å². The number of carboxylic acids is 1. The molecule has 2 aromatic heterocycles. The minimum Gasteiger partial charge on any atom is -0.480 e. The molecule has 0 bridgehead atoms. The molecule has 0 spiro atoms. The van der Waals surface area contributed by atoms with Crippen molar-refractivity contribution >= 4 is 23.7 Å². The number of unbranched alkanes of at least 4 members (excludes halogenated alkanes) is 1. The van der Waals surface area contributed by atoms with Crippen LogP contribution in [0.3, 0.4) is 0 Å². The van der Waals surface area contributed by atoms with Gasteiger partial charge in [-0.05, 0) is 25.8 Å². The highest BCUT2D eigenvalue weighted by atomic mass is 16.4. The Morgan fingerprint density at radius 2 is 1.59 bits per heavy atom. The summed E-state index contributed by atoms with van der Waals surface area (Å²) < 4.78 is 0. The van der Waals surface area contributed by atoms with E-state index in [-0.39, 0.29) is 19.3 Å². The Labute approximate surface area is 195 Å². The van der Waals surface area contributed by atoms with Gasteiger partial charge < -0.3 is 42.5 Å². The van der Waals surface area contributed by atoms with Crippen LogP contribution >= 0.6 is 0 Å². The average molecular weight is 478 g/mol. The van der Waals surface area contributed by atoms with E-state index in [1.165, 1.54) is 18.9 Å². The van der Waals surface area contributed by atoms with Crippen LogP contribution in [0.25, 0.3) is 0 Å². The summed E-state index contributed by atoms with van der Waals surface area (Å²) in [4.78, 5) is 62.3. The number of aromatic amines is 2. The number of H-pyrrole nitrogens is 2. The van der Waals surface area contributed by atoms with Crippen molar-refractivity contribution in [1.82, 2.24) is 35.9 Å². The molecule has 0 aliphatic heterocycles. The highest BCUT2D eigenvalue weighted by Crippen LogP contribution is 2.03. The Morgan fingerprint density at radius 1 is 0.941 bits per heavy atom. The summed E-state index contributed by atoms with van der Waals surface area (Å²) in [6.07, 6.45) is 7.60. The number of imidazole rings is 2. The first-order valence-electron chi connectivity index (χ1n) is 10.8. The first-order valence-corrected chi connectivity index (χ1v) is 10.8. The highest BCUT2D eigenvalue weighted by molar-refractivity contribution is 5.92. The van der Waals surface area contributed by atoms with Crippen molar-refractivity contribution in [3.63, 3.8) is 0 Å². The van der Waals surface area contributed by atoms with Crippen LogP contribution in [0.4, 0.5) is 0 Å². The Hall–Kier alpha value is -3.78. The molecule has 0 saturated carbocycles. The second kappa shape index (κ2) is 13.7. The maximum atomic E-state index is 12.8. The summed E-state index contributed by atoms with van der Waals surface area (Å²) in [5, 5.41) is 16.7. The van der Waals surface area contributed by atoms with E-state index in [0.717, 1.165) is 0 Å². The number of nitrogens with one attached hydrogen (secondary N) is 5. The Kier molecular flexibility index (Phi) is 10.7. The van der Waals surface area contributed by atoms with Gasteiger partial charge in [0.15, 0.2) is 0 Å². The summed E-state index contributed by atoms with van der Waals surface area (Å²) in [6, 6.07) is -3.07. The Bertz CT molecular complexity index is 917. The standard InChI is InChI=1S/C20H31N9O5/c21-4-2-1-3-15(20(33)34)28-17(30)9-25-19(32)16(6-13-8-24-11-27-13)29-18(31)14(22)5-12-7-23-10-26-12/h7-8,10-11,14-16H,1-6,9,21-22H2,(H,23,26)(H,24,27)(H,25,32)(H,28,30)(H,29,31)(H,33,34). The quantitative estimate of drug-likeness (QED) is 0.127. The number of carbonyl (C=O) groups excluding carboxylic acids is 3.